The lowest BCUT2D eigenvalue weighted by Gasteiger charge is -2.12. The molecule has 0 atom stereocenters. The predicted molar refractivity (Wildman–Crippen MR) is 123 cm³/mol. The maximum absolute atomic E-state index is 12.4. The number of amides is 2. The third-order valence-electron chi connectivity index (χ3n) is 4.58. The van der Waals surface area contributed by atoms with E-state index >= 15 is 0 Å². The largest absolute Gasteiger partial charge is 0.492 e. The maximum atomic E-state index is 12.4. The molecule has 2 N–H and O–H groups in total. The third-order valence-corrected chi connectivity index (χ3v) is 6.39. The number of hydrazine groups is 1. The molecular weight excluding hydrogens is 462 g/mol. The van der Waals surface area contributed by atoms with Crippen molar-refractivity contribution in [2.24, 2.45) is 0 Å². The number of nitrogens with one attached hydrogen (secondary N) is 2. The van der Waals surface area contributed by atoms with Gasteiger partial charge in [0.2, 0.25) is 10.0 Å². The van der Waals surface area contributed by atoms with Gasteiger partial charge in [0.15, 0.2) is 5.69 Å². The SMILES string of the molecule is CN(C)S(=O)(=O)c1cccc(C(=O)NNC(=O)c2ccc(=O)n(CCOc3ccccc3)n2)c1. The van der Waals surface area contributed by atoms with Crippen LogP contribution in [0.1, 0.15) is 20.8 Å². The molecule has 2 amide bonds. The first kappa shape index (κ1) is 24.6. The molecule has 11 nitrogen and oxygen atoms in total. The summed E-state index contributed by atoms with van der Waals surface area (Å²) < 4.78 is 32.1. The zero-order chi connectivity index (χ0) is 24.7. The summed E-state index contributed by atoms with van der Waals surface area (Å²) in [6.45, 7) is 0.263. The van der Waals surface area contributed by atoms with E-state index in [-0.39, 0.29) is 29.3 Å². The van der Waals surface area contributed by atoms with Crippen LogP contribution in [-0.4, -0.2) is 55.0 Å². The van der Waals surface area contributed by atoms with Gasteiger partial charge in [-0.15, -0.1) is 0 Å². The Morgan fingerprint density at radius 3 is 2.38 bits per heavy atom. The summed E-state index contributed by atoms with van der Waals surface area (Å²) in [5, 5.41) is 4.00. The number of aromatic nitrogens is 2. The number of rotatable bonds is 8. The van der Waals surface area contributed by atoms with Gasteiger partial charge in [-0.1, -0.05) is 24.3 Å². The van der Waals surface area contributed by atoms with E-state index in [2.05, 4.69) is 16.0 Å². The Labute approximate surface area is 196 Å². The number of nitrogens with zero attached hydrogens (tertiary/aromatic N) is 3. The molecule has 0 radical (unpaired) electrons. The van der Waals surface area contributed by atoms with Gasteiger partial charge in [-0.2, -0.15) is 5.10 Å². The van der Waals surface area contributed by atoms with E-state index in [0.29, 0.717) is 5.75 Å². The fourth-order valence-corrected chi connectivity index (χ4v) is 3.70. The monoisotopic (exact) mass is 485 g/mol. The molecule has 34 heavy (non-hydrogen) atoms. The highest BCUT2D eigenvalue weighted by Crippen LogP contribution is 2.14. The van der Waals surface area contributed by atoms with E-state index in [1.54, 1.807) is 12.1 Å². The van der Waals surface area contributed by atoms with Crippen molar-refractivity contribution in [1.82, 2.24) is 24.9 Å². The van der Waals surface area contributed by atoms with Crippen LogP contribution < -0.4 is 21.1 Å². The van der Waals surface area contributed by atoms with E-state index in [0.717, 1.165) is 8.99 Å². The van der Waals surface area contributed by atoms with Crippen LogP contribution in [-0.2, 0) is 16.6 Å². The second kappa shape index (κ2) is 10.7. The quantitative estimate of drug-likeness (QED) is 0.447. The van der Waals surface area contributed by atoms with Crippen molar-refractivity contribution in [1.29, 1.82) is 0 Å². The number of hydrogen-bond acceptors (Lipinski definition) is 7. The molecule has 0 bridgehead atoms. The topological polar surface area (TPSA) is 140 Å². The normalized spacial score (nSPS) is 11.1. The van der Waals surface area contributed by atoms with Crippen molar-refractivity contribution < 1.29 is 22.7 Å². The van der Waals surface area contributed by atoms with Gasteiger partial charge in [0.1, 0.15) is 12.4 Å². The number of ether oxygens (including phenoxy) is 1. The van der Waals surface area contributed by atoms with Crippen LogP contribution in [0.4, 0.5) is 0 Å². The minimum atomic E-state index is -3.73. The number of sulfonamides is 1. The first-order valence-electron chi connectivity index (χ1n) is 10.1. The molecule has 0 saturated heterocycles. The molecule has 0 saturated carbocycles. The lowest BCUT2D eigenvalue weighted by atomic mass is 10.2. The summed E-state index contributed by atoms with van der Waals surface area (Å²) in [4.78, 5) is 36.8. The zero-order valence-corrected chi connectivity index (χ0v) is 19.3. The maximum Gasteiger partial charge on any atom is 0.290 e. The molecule has 1 heterocycles. The minimum Gasteiger partial charge on any atom is -0.492 e. The highest BCUT2D eigenvalue weighted by Gasteiger charge is 2.19. The number of carbonyl (C=O) groups excluding carboxylic acids is 2. The summed E-state index contributed by atoms with van der Waals surface area (Å²) in [6.07, 6.45) is 0. The molecule has 0 aliphatic heterocycles. The van der Waals surface area contributed by atoms with Crippen molar-refractivity contribution in [2.75, 3.05) is 20.7 Å². The Morgan fingerprint density at radius 1 is 0.971 bits per heavy atom. The van der Waals surface area contributed by atoms with Crippen LogP contribution in [0.15, 0.2) is 76.4 Å². The lowest BCUT2D eigenvalue weighted by molar-refractivity contribution is 0.0842. The van der Waals surface area contributed by atoms with Crippen molar-refractivity contribution in [3.05, 3.63) is 88.3 Å². The second-order valence-electron chi connectivity index (χ2n) is 7.16. The van der Waals surface area contributed by atoms with E-state index in [9.17, 15) is 22.8 Å². The molecule has 0 unspecified atom stereocenters. The highest BCUT2D eigenvalue weighted by atomic mass is 32.2. The molecule has 178 valence electrons. The number of benzene rings is 2. The average Bonchev–Trinajstić information content (AvgIpc) is 2.84. The van der Waals surface area contributed by atoms with Gasteiger partial charge in [-0.25, -0.2) is 17.4 Å². The average molecular weight is 486 g/mol. The molecular formula is C22H23N5O6S. The summed E-state index contributed by atoms with van der Waals surface area (Å²) in [6, 6.07) is 16.8. The fourth-order valence-electron chi connectivity index (χ4n) is 2.76. The number of para-hydroxylation sites is 1. The van der Waals surface area contributed by atoms with E-state index < -0.39 is 27.4 Å². The van der Waals surface area contributed by atoms with Gasteiger partial charge in [0, 0.05) is 25.7 Å². The Hall–Kier alpha value is -4.03. The van der Waals surface area contributed by atoms with Crippen molar-refractivity contribution >= 4 is 21.8 Å². The first-order chi connectivity index (χ1) is 16.2. The molecule has 0 aliphatic rings. The molecule has 3 aromatic rings. The fraction of sp³-hybridized carbons (Fsp3) is 0.182. The van der Waals surface area contributed by atoms with Gasteiger partial charge in [-0.3, -0.25) is 25.2 Å². The predicted octanol–water partition coefficient (Wildman–Crippen LogP) is 0.647. The highest BCUT2D eigenvalue weighted by molar-refractivity contribution is 7.89. The van der Waals surface area contributed by atoms with Crippen LogP contribution in [0.25, 0.3) is 0 Å². The summed E-state index contributed by atoms with van der Waals surface area (Å²) in [7, 11) is -0.973. The van der Waals surface area contributed by atoms with Crippen LogP contribution in [0, 0.1) is 0 Å². The Balaban J connectivity index is 1.62. The molecule has 0 spiro atoms. The molecule has 12 heteroatoms. The van der Waals surface area contributed by atoms with Crippen molar-refractivity contribution in [2.45, 2.75) is 11.4 Å². The van der Waals surface area contributed by atoms with Crippen LogP contribution in [0.3, 0.4) is 0 Å². The van der Waals surface area contributed by atoms with Crippen molar-refractivity contribution in [3.63, 3.8) is 0 Å². The third kappa shape index (κ3) is 6.05. The number of carbonyl (C=O) groups is 2. The number of hydrogen-bond donors (Lipinski definition) is 2. The summed E-state index contributed by atoms with van der Waals surface area (Å²) >= 11 is 0. The van der Waals surface area contributed by atoms with Gasteiger partial charge in [-0.05, 0) is 36.4 Å². The minimum absolute atomic E-state index is 0.0271. The standard InChI is InChI=1S/C22H23N5O6S/c1-26(2)34(31,32)18-10-6-7-16(15-18)21(29)23-24-22(30)19-11-12-20(28)27(25-19)13-14-33-17-8-4-3-5-9-17/h3-12,15H,13-14H2,1-2H3,(H,23,29)(H,24,30). The van der Waals surface area contributed by atoms with E-state index in [1.165, 1.54) is 50.5 Å². The van der Waals surface area contributed by atoms with Crippen LogP contribution in [0.2, 0.25) is 0 Å². The lowest BCUT2D eigenvalue weighted by Crippen LogP contribution is -2.42. The summed E-state index contributed by atoms with van der Waals surface area (Å²) in [5.41, 5.74) is 3.90. The van der Waals surface area contributed by atoms with Gasteiger partial charge in [0.25, 0.3) is 17.4 Å². The summed E-state index contributed by atoms with van der Waals surface area (Å²) in [5.74, 6) is -0.855. The van der Waals surface area contributed by atoms with Gasteiger partial charge >= 0.3 is 0 Å². The van der Waals surface area contributed by atoms with Crippen LogP contribution >= 0.6 is 0 Å². The van der Waals surface area contributed by atoms with Gasteiger partial charge in [0.05, 0.1) is 11.4 Å². The Bertz CT molecular complexity index is 1340. The van der Waals surface area contributed by atoms with Gasteiger partial charge < -0.3 is 4.74 Å². The first-order valence-corrected chi connectivity index (χ1v) is 11.5. The van der Waals surface area contributed by atoms with E-state index in [4.69, 9.17) is 4.74 Å². The molecule has 0 fully saturated rings. The zero-order valence-electron chi connectivity index (χ0n) is 18.5. The smallest absolute Gasteiger partial charge is 0.290 e. The van der Waals surface area contributed by atoms with Crippen molar-refractivity contribution in [3.8, 4) is 5.75 Å². The molecule has 2 aromatic carbocycles. The molecule has 3 rings (SSSR count). The van der Waals surface area contributed by atoms with E-state index in [1.807, 2.05) is 18.2 Å². The molecule has 1 aromatic heterocycles. The van der Waals surface area contributed by atoms with Crippen LogP contribution in [0.5, 0.6) is 5.75 Å². The Kier molecular flexibility index (Phi) is 7.76. The molecule has 0 aliphatic carbocycles. The second-order valence-corrected chi connectivity index (χ2v) is 9.32. The Morgan fingerprint density at radius 2 is 1.68 bits per heavy atom.